The van der Waals surface area contributed by atoms with Crippen LogP contribution in [0.15, 0.2) is 22.7 Å². The number of carboxylic acids is 1. The number of nitrogens with zero attached hydrogens (tertiary/aromatic N) is 1. The predicted octanol–water partition coefficient (Wildman–Crippen LogP) is 4.12. The van der Waals surface area contributed by atoms with Crippen molar-refractivity contribution in [2.75, 3.05) is 11.4 Å². The molecule has 1 aliphatic rings. The van der Waals surface area contributed by atoms with Crippen LogP contribution in [0, 0.1) is 5.92 Å². The molecule has 0 heterocycles. The average molecular weight is 368 g/mol. The van der Waals surface area contributed by atoms with E-state index in [9.17, 15) is 9.59 Å². The standard InChI is InChI=1S/C17H22BrNO3/c1-2-19(16-8-5-14(18)10-13(16)11-20)15-6-3-12(4-7-15)9-17(21)22/h5,8,10-12,15H,2-4,6-7,9H2,1H3,(H,21,22). The van der Waals surface area contributed by atoms with Gasteiger partial charge in [-0.1, -0.05) is 15.9 Å². The Morgan fingerprint density at radius 2 is 2.05 bits per heavy atom. The first-order valence-electron chi connectivity index (χ1n) is 7.78. The minimum Gasteiger partial charge on any atom is -0.481 e. The average Bonchev–Trinajstić information content (AvgIpc) is 2.50. The van der Waals surface area contributed by atoms with E-state index in [1.54, 1.807) is 0 Å². The lowest BCUT2D eigenvalue weighted by Gasteiger charge is -2.38. The fourth-order valence-corrected chi connectivity index (χ4v) is 3.79. The summed E-state index contributed by atoms with van der Waals surface area (Å²) in [4.78, 5) is 24.5. The number of carbonyl (C=O) groups is 2. The van der Waals surface area contributed by atoms with Gasteiger partial charge in [-0.3, -0.25) is 9.59 Å². The summed E-state index contributed by atoms with van der Waals surface area (Å²) in [5.41, 5.74) is 1.67. The molecule has 1 fully saturated rings. The van der Waals surface area contributed by atoms with E-state index in [0.29, 0.717) is 17.5 Å². The number of hydrogen-bond acceptors (Lipinski definition) is 3. The van der Waals surface area contributed by atoms with Crippen LogP contribution in [0.2, 0.25) is 0 Å². The van der Waals surface area contributed by atoms with E-state index < -0.39 is 5.97 Å². The van der Waals surface area contributed by atoms with Crippen LogP contribution in [0.4, 0.5) is 5.69 Å². The van der Waals surface area contributed by atoms with Gasteiger partial charge in [0.05, 0.1) is 0 Å². The zero-order valence-electron chi connectivity index (χ0n) is 12.8. The first-order chi connectivity index (χ1) is 10.5. The SMILES string of the molecule is CCN(c1ccc(Br)cc1C=O)C1CCC(CC(=O)O)CC1. The van der Waals surface area contributed by atoms with Gasteiger partial charge in [0.1, 0.15) is 0 Å². The lowest BCUT2D eigenvalue weighted by atomic mass is 9.83. The Balaban J connectivity index is 2.10. The van der Waals surface area contributed by atoms with Gasteiger partial charge >= 0.3 is 5.97 Å². The smallest absolute Gasteiger partial charge is 0.303 e. The van der Waals surface area contributed by atoms with Crippen LogP contribution in [0.5, 0.6) is 0 Å². The molecule has 0 saturated heterocycles. The molecular formula is C17H22BrNO3. The molecule has 22 heavy (non-hydrogen) atoms. The van der Waals surface area contributed by atoms with Crippen LogP contribution < -0.4 is 4.90 Å². The van der Waals surface area contributed by atoms with Crippen molar-refractivity contribution in [1.82, 2.24) is 0 Å². The maximum absolute atomic E-state index is 11.3. The zero-order chi connectivity index (χ0) is 16.1. The number of halogens is 1. The highest BCUT2D eigenvalue weighted by Gasteiger charge is 2.27. The lowest BCUT2D eigenvalue weighted by Crippen LogP contribution is -2.39. The van der Waals surface area contributed by atoms with Gasteiger partial charge < -0.3 is 10.0 Å². The van der Waals surface area contributed by atoms with Crippen LogP contribution in [0.1, 0.15) is 49.4 Å². The van der Waals surface area contributed by atoms with Crippen molar-refractivity contribution >= 4 is 33.9 Å². The molecule has 0 bridgehead atoms. The Kier molecular flexibility index (Phi) is 6.00. The summed E-state index contributed by atoms with van der Waals surface area (Å²) in [5.74, 6) is -0.408. The lowest BCUT2D eigenvalue weighted by molar-refractivity contribution is -0.138. The molecule has 0 unspecified atom stereocenters. The Morgan fingerprint density at radius 1 is 1.36 bits per heavy atom. The van der Waals surface area contributed by atoms with E-state index in [0.717, 1.165) is 48.7 Å². The summed E-state index contributed by atoms with van der Waals surface area (Å²) in [6.45, 7) is 2.94. The van der Waals surface area contributed by atoms with Gasteiger partial charge in [-0.05, 0) is 56.7 Å². The van der Waals surface area contributed by atoms with Crippen LogP contribution in [0.25, 0.3) is 0 Å². The first-order valence-corrected chi connectivity index (χ1v) is 8.57. The molecule has 1 aromatic rings. The van der Waals surface area contributed by atoms with E-state index in [2.05, 4.69) is 27.8 Å². The van der Waals surface area contributed by atoms with Crippen molar-refractivity contribution in [3.63, 3.8) is 0 Å². The number of aldehydes is 1. The topological polar surface area (TPSA) is 57.6 Å². The molecular weight excluding hydrogens is 346 g/mol. The molecule has 0 amide bonds. The molecule has 1 aliphatic carbocycles. The van der Waals surface area contributed by atoms with Gasteiger partial charge in [-0.25, -0.2) is 0 Å². The summed E-state index contributed by atoms with van der Waals surface area (Å²) in [6.07, 6.45) is 5.04. The highest BCUT2D eigenvalue weighted by molar-refractivity contribution is 9.10. The predicted molar refractivity (Wildman–Crippen MR) is 90.5 cm³/mol. The monoisotopic (exact) mass is 367 g/mol. The molecule has 120 valence electrons. The molecule has 0 spiro atoms. The Bertz CT molecular complexity index is 539. The molecule has 1 N–H and O–H groups in total. The van der Waals surface area contributed by atoms with E-state index in [-0.39, 0.29) is 6.42 Å². The van der Waals surface area contributed by atoms with Gasteiger partial charge in [0.25, 0.3) is 0 Å². The fourth-order valence-electron chi connectivity index (χ4n) is 3.41. The summed E-state index contributed by atoms with van der Waals surface area (Å²) in [6, 6.07) is 6.18. The van der Waals surface area contributed by atoms with Crippen molar-refractivity contribution in [3.05, 3.63) is 28.2 Å². The van der Waals surface area contributed by atoms with Gasteiger partial charge in [0.2, 0.25) is 0 Å². The van der Waals surface area contributed by atoms with Gasteiger partial charge in [0.15, 0.2) is 6.29 Å². The molecule has 0 aromatic heterocycles. The zero-order valence-corrected chi connectivity index (χ0v) is 14.4. The Labute approximate surface area is 139 Å². The molecule has 1 saturated carbocycles. The number of carboxylic acid groups (broad SMARTS) is 1. The van der Waals surface area contributed by atoms with E-state index in [1.807, 2.05) is 18.2 Å². The summed E-state index contributed by atoms with van der Waals surface area (Å²) in [5, 5.41) is 8.91. The Morgan fingerprint density at radius 3 is 2.59 bits per heavy atom. The minimum absolute atomic E-state index is 0.275. The highest BCUT2D eigenvalue weighted by Crippen LogP contribution is 2.33. The maximum atomic E-state index is 11.3. The maximum Gasteiger partial charge on any atom is 0.303 e. The molecule has 5 heteroatoms. The molecule has 4 nitrogen and oxygen atoms in total. The van der Waals surface area contributed by atoms with Crippen molar-refractivity contribution in [2.45, 2.75) is 45.1 Å². The minimum atomic E-state index is -0.702. The second-order valence-electron chi connectivity index (χ2n) is 5.88. The number of carbonyl (C=O) groups excluding carboxylic acids is 1. The van der Waals surface area contributed by atoms with Crippen LogP contribution >= 0.6 is 15.9 Å². The second kappa shape index (κ2) is 7.77. The third kappa shape index (κ3) is 4.09. The van der Waals surface area contributed by atoms with Crippen molar-refractivity contribution in [3.8, 4) is 0 Å². The van der Waals surface area contributed by atoms with Crippen LogP contribution in [-0.2, 0) is 4.79 Å². The van der Waals surface area contributed by atoms with E-state index in [4.69, 9.17) is 5.11 Å². The number of hydrogen-bond donors (Lipinski definition) is 1. The van der Waals surface area contributed by atoms with E-state index >= 15 is 0 Å². The van der Waals surface area contributed by atoms with Gasteiger partial charge in [-0.2, -0.15) is 0 Å². The van der Waals surface area contributed by atoms with Crippen LogP contribution in [0.3, 0.4) is 0 Å². The first kappa shape index (κ1) is 17.0. The van der Waals surface area contributed by atoms with Crippen molar-refractivity contribution in [2.24, 2.45) is 5.92 Å². The third-order valence-electron chi connectivity index (χ3n) is 4.49. The van der Waals surface area contributed by atoms with Crippen molar-refractivity contribution < 1.29 is 14.7 Å². The number of anilines is 1. The molecule has 0 aliphatic heterocycles. The number of benzene rings is 1. The van der Waals surface area contributed by atoms with E-state index in [1.165, 1.54) is 0 Å². The molecule has 1 aromatic carbocycles. The third-order valence-corrected chi connectivity index (χ3v) is 4.98. The number of aliphatic carboxylic acids is 1. The molecule has 0 atom stereocenters. The summed E-state index contributed by atoms with van der Waals surface area (Å²) >= 11 is 3.40. The summed E-state index contributed by atoms with van der Waals surface area (Å²) < 4.78 is 0.902. The highest BCUT2D eigenvalue weighted by atomic mass is 79.9. The largest absolute Gasteiger partial charge is 0.481 e. The fraction of sp³-hybridized carbons (Fsp3) is 0.529. The normalized spacial score (nSPS) is 21.4. The molecule has 0 radical (unpaired) electrons. The molecule has 2 rings (SSSR count). The van der Waals surface area contributed by atoms with Gasteiger partial charge in [-0.15, -0.1) is 0 Å². The Hall–Kier alpha value is -1.36. The second-order valence-corrected chi connectivity index (χ2v) is 6.80. The van der Waals surface area contributed by atoms with Crippen molar-refractivity contribution in [1.29, 1.82) is 0 Å². The number of rotatable bonds is 6. The quantitative estimate of drug-likeness (QED) is 0.768. The summed E-state index contributed by atoms with van der Waals surface area (Å²) in [7, 11) is 0. The van der Waals surface area contributed by atoms with Gasteiger partial charge in [0, 0.05) is 34.7 Å². The van der Waals surface area contributed by atoms with Crippen LogP contribution in [-0.4, -0.2) is 29.9 Å².